The lowest BCUT2D eigenvalue weighted by molar-refractivity contribution is 0.111. The van der Waals surface area contributed by atoms with Crippen molar-refractivity contribution in [3.8, 4) is 0 Å². The van der Waals surface area contributed by atoms with Crippen molar-refractivity contribution < 1.29 is 9.59 Å². The summed E-state index contributed by atoms with van der Waals surface area (Å²) < 4.78 is 0. The molecule has 32 heavy (non-hydrogen) atoms. The van der Waals surface area contributed by atoms with Crippen LogP contribution in [0.5, 0.6) is 0 Å². The van der Waals surface area contributed by atoms with E-state index in [1.54, 1.807) is 0 Å². The van der Waals surface area contributed by atoms with Gasteiger partial charge in [-0.3, -0.25) is 9.59 Å². The molecular formula is C30H20O2. The second-order valence-corrected chi connectivity index (χ2v) is 7.70. The van der Waals surface area contributed by atoms with Gasteiger partial charge in [-0.2, -0.15) is 0 Å². The highest BCUT2D eigenvalue weighted by Gasteiger charge is 2.05. The number of fused-ring (bicyclic) bond motifs is 6. The van der Waals surface area contributed by atoms with Gasteiger partial charge < -0.3 is 0 Å². The van der Waals surface area contributed by atoms with Crippen molar-refractivity contribution in [1.29, 1.82) is 0 Å². The molecule has 152 valence electrons. The van der Waals surface area contributed by atoms with E-state index in [9.17, 15) is 9.59 Å². The van der Waals surface area contributed by atoms with Gasteiger partial charge in [-0.25, -0.2) is 0 Å². The quantitative estimate of drug-likeness (QED) is 0.217. The zero-order valence-corrected chi connectivity index (χ0v) is 17.4. The van der Waals surface area contributed by atoms with Gasteiger partial charge in [0.05, 0.1) is 0 Å². The molecule has 6 rings (SSSR count). The summed E-state index contributed by atoms with van der Waals surface area (Å²) in [7, 11) is 0. The van der Waals surface area contributed by atoms with Crippen molar-refractivity contribution in [2.75, 3.05) is 0 Å². The molecule has 0 N–H and O–H groups in total. The Kier molecular flexibility index (Phi) is 5.19. The van der Waals surface area contributed by atoms with Crippen molar-refractivity contribution in [3.05, 3.63) is 120 Å². The summed E-state index contributed by atoms with van der Waals surface area (Å²) in [6.45, 7) is 0. The molecule has 0 aliphatic carbocycles. The van der Waals surface area contributed by atoms with Gasteiger partial charge in [-0.1, -0.05) is 97.1 Å². The van der Waals surface area contributed by atoms with Gasteiger partial charge in [0.1, 0.15) is 0 Å². The molecule has 2 nitrogen and oxygen atoms in total. The lowest BCUT2D eigenvalue weighted by Gasteiger charge is -2.05. The van der Waals surface area contributed by atoms with Gasteiger partial charge in [0, 0.05) is 11.1 Å². The Bertz CT molecular complexity index is 1490. The fourth-order valence-electron chi connectivity index (χ4n) is 4.36. The van der Waals surface area contributed by atoms with Crippen LogP contribution in [0, 0.1) is 0 Å². The summed E-state index contributed by atoms with van der Waals surface area (Å²) in [6.07, 6.45) is 1.85. The zero-order valence-electron chi connectivity index (χ0n) is 17.4. The number of hydrogen-bond donors (Lipinski definition) is 0. The molecule has 0 saturated heterocycles. The number of benzene rings is 6. The molecule has 0 spiro atoms. The van der Waals surface area contributed by atoms with Crippen molar-refractivity contribution in [2.45, 2.75) is 0 Å². The summed E-state index contributed by atoms with van der Waals surface area (Å²) in [5, 5.41) is 8.96. The number of hydrogen-bond acceptors (Lipinski definition) is 2. The smallest absolute Gasteiger partial charge is 0.150 e. The lowest BCUT2D eigenvalue weighted by atomic mass is 9.98. The molecule has 0 fully saturated rings. The van der Waals surface area contributed by atoms with Crippen molar-refractivity contribution in [1.82, 2.24) is 0 Å². The lowest BCUT2D eigenvalue weighted by Crippen LogP contribution is -1.85. The molecule has 0 amide bonds. The summed E-state index contributed by atoms with van der Waals surface area (Å²) in [5.41, 5.74) is 1.52. The number of rotatable bonds is 2. The summed E-state index contributed by atoms with van der Waals surface area (Å²) >= 11 is 0. The van der Waals surface area contributed by atoms with Gasteiger partial charge in [0.15, 0.2) is 12.6 Å². The van der Waals surface area contributed by atoms with Crippen molar-refractivity contribution in [2.24, 2.45) is 0 Å². The molecule has 2 heteroatoms. The maximum Gasteiger partial charge on any atom is 0.150 e. The minimum Gasteiger partial charge on any atom is -0.298 e. The van der Waals surface area contributed by atoms with Crippen LogP contribution in [0.1, 0.15) is 20.7 Å². The van der Waals surface area contributed by atoms with E-state index in [1.165, 1.54) is 10.8 Å². The standard InChI is InChI=1S/2C15H10O/c2*16-10-12-9-11-5-1-2-6-13(11)15-8-4-3-7-14(12)15/h2*1-10H. The molecular weight excluding hydrogens is 392 g/mol. The highest BCUT2D eigenvalue weighted by Crippen LogP contribution is 2.28. The Morgan fingerprint density at radius 3 is 1.06 bits per heavy atom. The molecule has 0 aliphatic heterocycles. The van der Waals surface area contributed by atoms with Gasteiger partial charge in [-0.15, -0.1) is 0 Å². The van der Waals surface area contributed by atoms with Crippen molar-refractivity contribution >= 4 is 55.7 Å². The van der Waals surface area contributed by atoms with Crippen LogP contribution in [0.15, 0.2) is 109 Å². The van der Waals surface area contributed by atoms with Crippen LogP contribution >= 0.6 is 0 Å². The topological polar surface area (TPSA) is 34.1 Å². The monoisotopic (exact) mass is 412 g/mol. The van der Waals surface area contributed by atoms with E-state index in [4.69, 9.17) is 0 Å². The molecule has 0 saturated carbocycles. The Balaban J connectivity index is 0.000000135. The van der Waals surface area contributed by atoms with Gasteiger partial charge in [0.2, 0.25) is 0 Å². The maximum atomic E-state index is 11.1. The van der Waals surface area contributed by atoms with Crippen LogP contribution < -0.4 is 0 Å². The Morgan fingerprint density at radius 1 is 0.375 bits per heavy atom. The fraction of sp³-hybridized carbons (Fsp3) is 0. The third-order valence-corrected chi connectivity index (χ3v) is 5.85. The van der Waals surface area contributed by atoms with E-state index in [0.717, 1.165) is 56.0 Å². The molecule has 6 aromatic rings. The van der Waals surface area contributed by atoms with Crippen LogP contribution in [0.2, 0.25) is 0 Å². The zero-order chi connectivity index (χ0) is 21.9. The van der Waals surface area contributed by atoms with Crippen LogP contribution in [0.4, 0.5) is 0 Å². The molecule has 6 aromatic carbocycles. The first kappa shape index (κ1) is 19.7. The first-order valence-corrected chi connectivity index (χ1v) is 10.5. The van der Waals surface area contributed by atoms with Crippen LogP contribution in [-0.4, -0.2) is 12.6 Å². The molecule has 0 unspecified atom stereocenters. The SMILES string of the molecule is O=Cc1cc2ccccc2c2ccccc12.O=Cc1cc2ccccc2c2ccccc12. The van der Waals surface area contributed by atoms with Gasteiger partial charge in [0.25, 0.3) is 0 Å². The Labute approximate surface area is 185 Å². The average Bonchev–Trinajstić information content (AvgIpc) is 2.88. The molecule has 0 aromatic heterocycles. The minimum atomic E-state index is 0.759. The first-order valence-electron chi connectivity index (χ1n) is 10.5. The summed E-state index contributed by atoms with van der Waals surface area (Å²) in [6, 6.07) is 36.2. The Hall–Kier alpha value is -4.30. The third-order valence-electron chi connectivity index (χ3n) is 5.85. The predicted molar refractivity (Wildman–Crippen MR) is 134 cm³/mol. The van der Waals surface area contributed by atoms with E-state index < -0.39 is 0 Å². The molecule has 0 atom stereocenters. The maximum absolute atomic E-state index is 11.1. The first-order chi connectivity index (χ1) is 15.8. The normalized spacial score (nSPS) is 10.8. The van der Waals surface area contributed by atoms with Crippen molar-refractivity contribution in [3.63, 3.8) is 0 Å². The Morgan fingerprint density at radius 2 is 0.688 bits per heavy atom. The average molecular weight is 412 g/mol. The number of carbonyl (C=O) groups is 2. The summed E-state index contributed by atoms with van der Waals surface area (Å²) in [5.74, 6) is 0. The second kappa shape index (κ2) is 8.44. The fourth-order valence-corrected chi connectivity index (χ4v) is 4.36. The molecule has 0 heterocycles. The second-order valence-electron chi connectivity index (χ2n) is 7.70. The summed E-state index contributed by atoms with van der Waals surface area (Å²) in [4.78, 5) is 22.1. The van der Waals surface area contributed by atoms with E-state index in [2.05, 4.69) is 24.3 Å². The largest absolute Gasteiger partial charge is 0.298 e. The highest BCUT2D eigenvalue weighted by molar-refractivity contribution is 6.14. The molecule has 0 radical (unpaired) electrons. The van der Waals surface area contributed by atoms with Crippen LogP contribution in [0.25, 0.3) is 43.1 Å². The molecule has 0 bridgehead atoms. The highest BCUT2D eigenvalue weighted by atomic mass is 16.1. The van der Waals surface area contributed by atoms with Gasteiger partial charge in [-0.05, 0) is 55.2 Å². The number of carbonyl (C=O) groups excluding carboxylic acids is 2. The van der Waals surface area contributed by atoms with Gasteiger partial charge >= 0.3 is 0 Å². The third kappa shape index (κ3) is 3.42. The predicted octanol–water partition coefficient (Wildman–Crippen LogP) is 7.61. The van der Waals surface area contributed by atoms with E-state index in [-0.39, 0.29) is 0 Å². The van der Waals surface area contributed by atoms with E-state index in [1.807, 2.05) is 84.9 Å². The number of aldehydes is 2. The molecule has 0 aliphatic rings. The van der Waals surface area contributed by atoms with Crippen LogP contribution in [-0.2, 0) is 0 Å². The van der Waals surface area contributed by atoms with Crippen LogP contribution in [0.3, 0.4) is 0 Å². The van der Waals surface area contributed by atoms with E-state index >= 15 is 0 Å². The minimum absolute atomic E-state index is 0.759. The van der Waals surface area contributed by atoms with E-state index in [0.29, 0.717) is 0 Å².